The van der Waals surface area contributed by atoms with Gasteiger partial charge in [0, 0.05) is 13.7 Å². The number of methoxy groups -OCH3 is 1. The van der Waals surface area contributed by atoms with E-state index < -0.39 is 11.9 Å². The van der Waals surface area contributed by atoms with E-state index in [9.17, 15) is 9.59 Å². The summed E-state index contributed by atoms with van der Waals surface area (Å²) in [6, 6.07) is 4.69. The Balaban J connectivity index is 2.59. The van der Waals surface area contributed by atoms with Gasteiger partial charge in [0.2, 0.25) is 0 Å². The second-order valence-corrected chi connectivity index (χ2v) is 6.29. The van der Waals surface area contributed by atoms with Gasteiger partial charge in [-0.15, -0.1) is 0 Å². The topological polar surface area (TPSA) is 74.7 Å². The summed E-state index contributed by atoms with van der Waals surface area (Å²) in [4.78, 5) is 28.3. The molecule has 0 N–H and O–H groups in total. The highest BCUT2D eigenvalue weighted by Crippen LogP contribution is 2.14. The van der Waals surface area contributed by atoms with Crippen molar-refractivity contribution in [1.29, 1.82) is 0 Å². The number of hydrogen-bond donors (Lipinski definition) is 0. The first-order valence-corrected chi connectivity index (χ1v) is 9.42. The molecule has 6 heteroatoms. The molecule has 0 radical (unpaired) electrons. The van der Waals surface area contributed by atoms with Crippen LogP contribution in [0.15, 0.2) is 18.2 Å². The van der Waals surface area contributed by atoms with E-state index in [2.05, 4.69) is 11.9 Å². The lowest BCUT2D eigenvalue weighted by atomic mass is 10.00. The van der Waals surface area contributed by atoms with Gasteiger partial charge in [0.25, 0.3) is 0 Å². The Hall–Kier alpha value is -1.95. The molecule has 146 valence electrons. The maximum atomic E-state index is 12.3. The van der Waals surface area contributed by atoms with Crippen molar-refractivity contribution in [2.24, 2.45) is 5.92 Å². The maximum absolute atomic E-state index is 12.3. The molecule has 1 rings (SSSR count). The van der Waals surface area contributed by atoms with Crippen LogP contribution in [-0.4, -0.2) is 43.9 Å². The van der Waals surface area contributed by atoms with Gasteiger partial charge in [0.1, 0.15) is 11.4 Å². The van der Waals surface area contributed by atoms with Gasteiger partial charge in [-0.1, -0.05) is 39.2 Å². The normalized spacial score (nSPS) is 11.8. The first-order chi connectivity index (χ1) is 12.6. The van der Waals surface area contributed by atoms with E-state index in [4.69, 9.17) is 14.2 Å². The lowest BCUT2D eigenvalue weighted by molar-refractivity contribution is 0.0392. The largest absolute Gasteiger partial charge is 0.461 e. The Morgan fingerprint density at radius 1 is 0.962 bits per heavy atom. The zero-order chi connectivity index (χ0) is 19.2. The minimum Gasteiger partial charge on any atom is -0.461 e. The van der Waals surface area contributed by atoms with Crippen LogP contribution in [0.3, 0.4) is 0 Å². The third-order valence-electron chi connectivity index (χ3n) is 4.04. The predicted molar refractivity (Wildman–Crippen MR) is 99.2 cm³/mol. The monoisotopic (exact) mass is 365 g/mol. The van der Waals surface area contributed by atoms with Gasteiger partial charge >= 0.3 is 11.9 Å². The van der Waals surface area contributed by atoms with Crippen molar-refractivity contribution in [3.63, 3.8) is 0 Å². The van der Waals surface area contributed by atoms with Crippen molar-refractivity contribution in [3.05, 3.63) is 29.6 Å². The lowest BCUT2D eigenvalue weighted by Crippen LogP contribution is -2.18. The van der Waals surface area contributed by atoms with Crippen LogP contribution in [0.2, 0.25) is 0 Å². The highest BCUT2D eigenvalue weighted by molar-refractivity contribution is 5.91. The second-order valence-electron chi connectivity index (χ2n) is 6.29. The number of aromatic nitrogens is 1. The highest BCUT2D eigenvalue weighted by Gasteiger charge is 2.16. The average molecular weight is 365 g/mol. The van der Waals surface area contributed by atoms with E-state index >= 15 is 0 Å². The third kappa shape index (κ3) is 8.43. The van der Waals surface area contributed by atoms with Gasteiger partial charge in [-0.2, -0.15) is 0 Å². The number of ether oxygens (including phenoxy) is 3. The molecule has 26 heavy (non-hydrogen) atoms. The molecule has 0 aliphatic rings. The number of carbonyl (C=O) groups excluding carboxylic acids is 2. The zero-order valence-corrected chi connectivity index (χ0v) is 16.2. The number of rotatable bonds is 13. The molecule has 6 nitrogen and oxygen atoms in total. The highest BCUT2D eigenvalue weighted by atomic mass is 16.5. The molecule has 0 spiro atoms. The molecule has 1 heterocycles. The van der Waals surface area contributed by atoms with Crippen LogP contribution in [0.5, 0.6) is 0 Å². The molecule has 1 aromatic heterocycles. The van der Waals surface area contributed by atoms with Gasteiger partial charge < -0.3 is 14.2 Å². The molecule has 0 aliphatic carbocycles. The zero-order valence-electron chi connectivity index (χ0n) is 16.2. The van der Waals surface area contributed by atoms with E-state index in [-0.39, 0.29) is 17.3 Å². The van der Waals surface area contributed by atoms with Crippen molar-refractivity contribution < 1.29 is 23.8 Å². The summed E-state index contributed by atoms with van der Waals surface area (Å²) >= 11 is 0. The Morgan fingerprint density at radius 2 is 1.62 bits per heavy atom. The summed E-state index contributed by atoms with van der Waals surface area (Å²) in [5.74, 6) is -0.776. The molecule has 0 aliphatic heterocycles. The third-order valence-corrected chi connectivity index (χ3v) is 4.04. The number of unbranched alkanes of at least 4 members (excludes halogenated alkanes) is 2. The Labute approximate surface area is 156 Å². The quantitative estimate of drug-likeness (QED) is 0.388. The number of nitrogens with zero attached hydrogens (tertiary/aromatic N) is 1. The van der Waals surface area contributed by atoms with Gasteiger partial charge in [-0.25, -0.2) is 14.6 Å². The molecule has 0 aromatic carbocycles. The van der Waals surface area contributed by atoms with Crippen molar-refractivity contribution >= 4 is 11.9 Å². The lowest BCUT2D eigenvalue weighted by Gasteiger charge is -2.16. The number of esters is 2. The van der Waals surface area contributed by atoms with Gasteiger partial charge in [0.15, 0.2) is 0 Å². The minimum absolute atomic E-state index is 0.121. The predicted octanol–water partition coefficient (Wildman–Crippen LogP) is 4.04. The van der Waals surface area contributed by atoms with Crippen LogP contribution < -0.4 is 0 Å². The molecule has 0 saturated carbocycles. The SMILES string of the molecule is CCCCOC(=O)c1cccc(C(=O)OCC(CCCC)CCOC)n1. The summed E-state index contributed by atoms with van der Waals surface area (Å²) in [5, 5.41) is 0. The molecule has 1 aromatic rings. The molecule has 0 bridgehead atoms. The van der Waals surface area contributed by atoms with Gasteiger partial charge in [-0.3, -0.25) is 0 Å². The fraction of sp³-hybridized carbons (Fsp3) is 0.650. The Kier molecular flexibility index (Phi) is 11.3. The molecule has 0 saturated heterocycles. The molecule has 1 atom stereocenters. The molecular weight excluding hydrogens is 334 g/mol. The van der Waals surface area contributed by atoms with Crippen LogP contribution in [-0.2, 0) is 14.2 Å². The minimum atomic E-state index is -0.521. The number of carbonyl (C=O) groups is 2. The van der Waals surface area contributed by atoms with Crippen molar-refractivity contribution in [3.8, 4) is 0 Å². The van der Waals surface area contributed by atoms with Gasteiger partial charge in [-0.05, 0) is 37.3 Å². The van der Waals surface area contributed by atoms with E-state index in [1.54, 1.807) is 19.2 Å². The second kappa shape index (κ2) is 13.3. The number of pyridine rings is 1. The van der Waals surface area contributed by atoms with E-state index in [0.29, 0.717) is 19.8 Å². The van der Waals surface area contributed by atoms with Crippen molar-refractivity contribution in [1.82, 2.24) is 4.98 Å². The fourth-order valence-electron chi connectivity index (χ4n) is 2.40. The van der Waals surface area contributed by atoms with Crippen molar-refractivity contribution in [2.75, 3.05) is 26.9 Å². The van der Waals surface area contributed by atoms with E-state index in [1.807, 2.05) is 6.92 Å². The summed E-state index contributed by atoms with van der Waals surface area (Å²) in [7, 11) is 1.66. The van der Waals surface area contributed by atoms with Crippen molar-refractivity contribution in [2.45, 2.75) is 52.4 Å². The van der Waals surface area contributed by atoms with E-state index in [0.717, 1.165) is 38.5 Å². The number of hydrogen-bond acceptors (Lipinski definition) is 6. The molecular formula is C20H31NO5. The van der Waals surface area contributed by atoms with Crippen LogP contribution >= 0.6 is 0 Å². The first kappa shape index (κ1) is 22.1. The van der Waals surface area contributed by atoms with Crippen LogP contribution in [0.4, 0.5) is 0 Å². The van der Waals surface area contributed by atoms with E-state index in [1.165, 1.54) is 6.07 Å². The summed E-state index contributed by atoms with van der Waals surface area (Å²) in [5.41, 5.74) is 0.244. The Bertz CT molecular complexity index is 539. The summed E-state index contributed by atoms with van der Waals surface area (Å²) < 4.78 is 15.7. The average Bonchev–Trinajstić information content (AvgIpc) is 2.67. The smallest absolute Gasteiger partial charge is 0.356 e. The van der Waals surface area contributed by atoms with Crippen LogP contribution in [0, 0.1) is 5.92 Å². The molecule has 1 unspecified atom stereocenters. The maximum Gasteiger partial charge on any atom is 0.356 e. The Morgan fingerprint density at radius 3 is 2.23 bits per heavy atom. The fourth-order valence-corrected chi connectivity index (χ4v) is 2.40. The summed E-state index contributed by atoms with van der Waals surface area (Å²) in [6.45, 7) is 5.47. The molecule has 0 amide bonds. The van der Waals surface area contributed by atoms with Gasteiger partial charge in [0.05, 0.1) is 13.2 Å². The molecule has 0 fully saturated rings. The standard InChI is InChI=1S/C20H31NO5/c1-4-6-9-16(12-14-24-3)15-26-20(23)18-11-8-10-17(21-18)19(22)25-13-7-5-2/h8,10-11,16H,4-7,9,12-15H2,1-3H3. The van der Waals surface area contributed by atoms with Crippen LogP contribution in [0.1, 0.15) is 73.3 Å². The van der Waals surface area contributed by atoms with Crippen LogP contribution in [0.25, 0.3) is 0 Å². The first-order valence-electron chi connectivity index (χ1n) is 9.42. The summed E-state index contributed by atoms with van der Waals surface area (Å²) in [6.07, 6.45) is 5.76.